The van der Waals surface area contributed by atoms with Gasteiger partial charge < -0.3 is 19.5 Å². The molecule has 0 bridgehead atoms. The van der Waals surface area contributed by atoms with Crippen molar-refractivity contribution in [3.05, 3.63) is 64.3 Å². The van der Waals surface area contributed by atoms with Crippen molar-refractivity contribution in [2.24, 2.45) is 0 Å². The lowest BCUT2D eigenvalue weighted by molar-refractivity contribution is -0.121. The van der Waals surface area contributed by atoms with Crippen LogP contribution in [0.25, 0.3) is 10.9 Å². The topological polar surface area (TPSA) is 84.3 Å². The lowest BCUT2D eigenvalue weighted by Crippen LogP contribution is -2.27. The number of H-pyrrole nitrogens is 1. The third kappa shape index (κ3) is 4.29. The van der Waals surface area contributed by atoms with Gasteiger partial charge in [-0.1, -0.05) is 0 Å². The van der Waals surface area contributed by atoms with Gasteiger partial charge in [0.1, 0.15) is 11.5 Å². The summed E-state index contributed by atoms with van der Waals surface area (Å²) in [6.45, 7) is 0.418. The maximum absolute atomic E-state index is 12.2. The van der Waals surface area contributed by atoms with Gasteiger partial charge in [-0.15, -0.1) is 0 Å². The quantitative estimate of drug-likeness (QED) is 0.692. The molecule has 6 nitrogen and oxygen atoms in total. The number of benzene rings is 1. The van der Waals surface area contributed by atoms with E-state index in [-0.39, 0.29) is 11.5 Å². The zero-order valence-corrected chi connectivity index (χ0v) is 14.0. The minimum Gasteiger partial charge on any atom is -0.497 e. The van der Waals surface area contributed by atoms with Gasteiger partial charge in [0.25, 0.3) is 5.56 Å². The first kappa shape index (κ1) is 16.8. The van der Waals surface area contributed by atoms with E-state index in [0.717, 1.165) is 16.7 Å². The first-order valence-electron chi connectivity index (χ1n) is 8.15. The molecular formula is C19H20N2O4. The first-order valence-corrected chi connectivity index (χ1v) is 8.15. The first-order chi connectivity index (χ1) is 12.2. The van der Waals surface area contributed by atoms with Gasteiger partial charge in [-0.2, -0.15) is 0 Å². The molecule has 3 aromatic rings. The number of aromatic nitrogens is 1. The molecule has 25 heavy (non-hydrogen) atoms. The fraction of sp³-hybridized carbons (Fsp3) is 0.263. The summed E-state index contributed by atoms with van der Waals surface area (Å²) in [5.41, 5.74) is 1.23. The Bertz CT molecular complexity index is 913. The molecule has 2 aromatic heterocycles. The Morgan fingerprint density at radius 3 is 2.88 bits per heavy atom. The standard InChI is InChI=1S/C19H20N2O4/c1-24-16-5-4-13-11-14(19(23)21-17(13)12-16)8-9-20-18(22)7-6-15-3-2-10-25-15/h2-5,10-12H,6-9H2,1H3,(H,20,22)(H,21,23). The zero-order valence-electron chi connectivity index (χ0n) is 14.0. The molecule has 1 aromatic carbocycles. The van der Waals surface area contributed by atoms with Crippen LogP contribution in [-0.2, 0) is 17.6 Å². The van der Waals surface area contributed by atoms with E-state index in [1.165, 1.54) is 0 Å². The number of carbonyl (C=O) groups excluding carboxylic acids is 1. The number of rotatable bonds is 7. The van der Waals surface area contributed by atoms with E-state index < -0.39 is 0 Å². The summed E-state index contributed by atoms with van der Waals surface area (Å²) >= 11 is 0. The number of carbonyl (C=O) groups is 1. The van der Waals surface area contributed by atoms with Crippen LogP contribution in [0.4, 0.5) is 0 Å². The predicted octanol–water partition coefficient (Wildman–Crippen LogP) is 2.42. The molecule has 130 valence electrons. The summed E-state index contributed by atoms with van der Waals surface area (Å²) in [4.78, 5) is 26.9. The van der Waals surface area contributed by atoms with E-state index in [1.807, 2.05) is 24.3 Å². The number of furan rings is 1. The van der Waals surface area contributed by atoms with E-state index in [1.54, 1.807) is 25.5 Å². The summed E-state index contributed by atoms with van der Waals surface area (Å²) in [7, 11) is 1.59. The van der Waals surface area contributed by atoms with Crippen molar-refractivity contribution < 1.29 is 13.9 Å². The van der Waals surface area contributed by atoms with Crippen molar-refractivity contribution in [3.63, 3.8) is 0 Å². The highest BCUT2D eigenvalue weighted by molar-refractivity contribution is 5.80. The molecule has 1 amide bonds. The van der Waals surface area contributed by atoms with Gasteiger partial charge in [-0.3, -0.25) is 9.59 Å². The molecule has 0 unspecified atom stereocenters. The molecule has 0 aliphatic carbocycles. The van der Waals surface area contributed by atoms with Crippen LogP contribution >= 0.6 is 0 Å². The van der Waals surface area contributed by atoms with E-state index in [4.69, 9.17) is 9.15 Å². The molecule has 0 aliphatic heterocycles. The van der Waals surface area contributed by atoms with Gasteiger partial charge in [0.15, 0.2) is 0 Å². The number of fused-ring (bicyclic) bond motifs is 1. The SMILES string of the molecule is COc1ccc2cc(CCNC(=O)CCc3ccco3)c(=O)[nH]c2c1. The van der Waals surface area contributed by atoms with E-state index >= 15 is 0 Å². The van der Waals surface area contributed by atoms with Crippen LogP contribution in [0, 0.1) is 0 Å². The average Bonchev–Trinajstić information content (AvgIpc) is 3.13. The van der Waals surface area contributed by atoms with Gasteiger partial charge in [0.2, 0.25) is 5.91 Å². The summed E-state index contributed by atoms with van der Waals surface area (Å²) in [5, 5.41) is 3.76. The van der Waals surface area contributed by atoms with Crippen molar-refractivity contribution >= 4 is 16.8 Å². The van der Waals surface area contributed by atoms with Gasteiger partial charge in [-0.25, -0.2) is 0 Å². The predicted molar refractivity (Wildman–Crippen MR) is 94.9 cm³/mol. The van der Waals surface area contributed by atoms with E-state index in [0.29, 0.717) is 37.1 Å². The Morgan fingerprint density at radius 2 is 2.12 bits per heavy atom. The van der Waals surface area contributed by atoms with Crippen LogP contribution in [0.3, 0.4) is 0 Å². The molecule has 3 rings (SSSR count). The van der Waals surface area contributed by atoms with Gasteiger partial charge in [0.05, 0.1) is 18.9 Å². The van der Waals surface area contributed by atoms with Crippen molar-refractivity contribution in [2.45, 2.75) is 19.3 Å². The molecule has 0 saturated carbocycles. The molecule has 6 heteroatoms. The number of aryl methyl sites for hydroxylation is 1. The highest BCUT2D eigenvalue weighted by atomic mass is 16.5. The monoisotopic (exact) mass is 340 g/mol. The Balaban J connectivity index is 1.56. The van der Waals surface area contributed by atoms with Crippen LogP contribution in [-0.4, -0.2) is 24.5 Å². The minimum atomic E-state index is -0.148. The van der Waals surface area contributed by atoms with Crippen LogP contribution in [0.5, 0.6) is 5.75 Å². The Morgan fingerprint density at radius 1 is 1.24 bits per heavy atom. The highest BCUT2D eigenvalue weighted by Gasteiger charge is 2.07. The van der Waals surface area contributed by atoms with Crippen LogP contribution < -0.4 is 15.6 Å². The van der Waals surface area contributed by atoms with Crippen molar-refractivity contribution in [1.29, 1.82) is 0 Å². The van der Waals surface area contributed by atoms with Crippen molar-refractivity contribution in [1.82, 2.24) is 10.3 Å². The number of nitrogens with one attached hydrogen (secondary N) is 2. The van der Waals surface area contributed by atoms with E-state index in [9.17, 15) is 9.59 Å². The fourth-order valence-corrected chi connectivity index (χ4v) is 2.65. The number of hydrogen-bond acceptors (Lipinski definition) is 4. The second-order valence-corrected chi connectivity index (χ2v) is 5.76. The van der Waals surface area contributed by atoms with Crippen LogP contribution in [0.15, 0.2) is 51.9 Å². The zero-order chi connectivity index (χ0) is 17.6. The summed E-state index contributed by atoms with van der Waals surface area (Å²) in [5.74, 6) is 1.43. The van der Waals surface area contributed by atoms with Gasteiger partial charge in [-0.05, 0) is 42.1 Å². The van der Waals surface area contributed by atoms with Crippen LogP contribution in [0.1, 0.15) is 17.7 Å². The Kier molecular flexibility index (Phi) is 5.18. The lowest BCUT2D eigenvalue weighted by atomic mass is 10.1. The molecule has 0 saturated heterocycles. The summed E-state index contributed by atoms with van der Waals surface area (Å²) < 4.78 is 10.4. The van der Waals surface area contributed by atoms with Crippen LogP contribution in [0.2, 0.25) is 0 Å². The molecule has 0 fully saturated rings. The van der Waals surface area contributed by atoms with Crippen molar-refractivity contribution in [3.8, 4) is 5.75 Å². The Hall–Kier alpha value is -3.02. The number of aromatic amines is 1. The number of pyridine rings is 1. The van der Waals surface area contributed by atoms with E-state index in [2.05, 4.69) is 10.3 Å². The third-order valence-corrected chi connectivity index (χ3v) is 4.03. The van der Waals surface area contributed by atoms with Gasteiger partial charge in [0, 0.05) is 31.0 Å². The fourth-order valence-electron chi connectivity index (χ4n) is 2.65. The molecule has 0 aliphatic rings. The number of methoxy groups -OCH3 is 1. The minimum absolute atomic E-state index is 0.0571. The second kappa shape index (κ2) is 7.70. The summed E-state index contributed by atoms with van der Waals surface area (Å²) in [6.07, 6.45) is 3.00. The number of hydrogen-bond donors (Lipinski definition) is 2. The maximum Gasteiger partial charge on any atom is 0.251 e. The van der Waals surface area contributed by atoms with Crippen molar-refractivity contribution in [2.75, 3.05) is 13.7 Å². The molecule has 0 spiro atoms. The normalized spacial score (nSPS) is 10.8. The molecule has 0 atom stereocenters. The average molecular weight is 340 g/mol. The molecule has 2 N–H and O–H groups in total. The molecule has 0 radical (unpaired) electrons. The summed E-state index contributed by atoms with van der Waals surface area (Å²) in [6, 6.07) is 11.0. The molecular weight excluding hydrogens is 320 g/mol. The maximum atomic E-state index is 12.2. The third-order valence-electron chi connectivity index (χ3n) is 4.03. The Labute approximate surface area is 144 Å². The largest absolute Gasteiger partial charge is 0.497 e. The molecule has 2 heterocycles. The number of ether oxygens (including phenoxy) is 1. The second-order valence-electron chi connectivity index (χ2n) is 5.76. The smallest absolute Gasteiger partial charge is 0.251 e. The van der Waals surface area contributed by atoms with Gasteiger partial charge >= 0.3 is 0 Å². The highest BCUT2D eigenvalue weighted by Crippen LogP contribution is 2.18. The number of amides is 1. The lowest BCUT2D eigenvalue weighted by Gasteiger charge is -2.07.